The number of hydrogen-bond acceptors (Lipinski definition) is 4. The van der Waals surface area contributed by atoms with Crippen LogP contribution in [-0.4, -0.2) is 28.5 Å². The van der Waals surface area contributed by atoms with Crippen LogP contribution in [0.25, 0.3) is 33.3 Å². The Labute approximate surface area is 166 Å². The van der Waals surface area contributed by atoms with Gasteiger partial charge in [-0.25, -0.2) is 13.4 Å². The molecule has 4 N–H and O–H groups in total. The van der Waals surface area contributed by atoms with Crippen LogP contribution in [0.5, 0.6) is 5.88 Å². The predicted octanol–water partition coefficient (Wildman–Crippen LogP) is 4.22. The number of sulfonamides is 1. The van der Waals surface area contributed by atoms with E-state index in [4.69, 9.17) is 0 Å². The largest absolute Gasteiger partial charge is 0.494 e. The zero-order chi connectivity index (χ0) is 20.0. The summed E-state index contributed by atoms with van der Waals surface area (Å²) in [5.74, 6) is 0.458. The van der Waals surface area contributed by atoms with Crippen molar-refractivity contribution in [2.75, 3.05) is 4.72 Å². The summed E-state index contributed by atoms with van der Waals surface area (Å²) in [4.78, 5) is 10.8. The summed E-state index contributed by atoms with van der Waals surface area (Å²) in [5, 5.41) is 11.1. The molecule has 144 valence electrons. The smallest absolute Gasteiger partial charge is 0.261 e. The van der Waals surface area contributed by atoms with Crippen LogP contribution in [0.4, 0.5) is 5.69 Å². The second kappa shape index (κ2) is 6.39. The van der Waals surface area contributed by atoms with Gasteiger partial charge < -0.3 is 15.1 Å². The molecule has 0 atom stereocenters. The summed E-state index contributed by atoms with van der Waals surface area (Å²) in [6.07, 6.45) is 0. The molecule has 0 spiro atoms. The highest BCUT2D eigenvalue weighted by atomic mass is 32.2. The lowest BCUT2D eigenvalue weighted by atomic mass is 10.1. The van der Waals surface area contributed by atoms with Crippen molar-refractivity contribution in [3.05, 3.63) is 72.8 Å². The zero-order valence-electron chi connectivity index (χ0n) is 15.0. The third kappa shape index (κ3) is 2.99. The second-order valence-electron chi connectivity index (χ2n) is 6.63. The molecule has 5 rings (SSSR count). The molecule has 8 heteroatoms. The van der Waals surface area contributed by atoms with Crippen LogP contribution in [0.15, 0.2) is 77.7 Å². The summed E-state index contributed by atoms with van der Waals surface area (Å²) < 4.78 is 27.8. The Morgan fingerprint density at radius 1 is 0.862 bits per heavy atom. The number of hydrogen-bond donors (Lipinski definition) is 4. The monoisotopic (exact) mass is 404 g/mol. The first-order chi connectivity index (χ1) is 14.0. The molecule has 5 aromatic rings. The second-order valence-corrected chi connectivity index (χ2v) is 8.31. The summed E-state index contributed by atoms with van der Waals surface area (Å²) in [7, 11) is -3.72. The van der Waals surface area contributed by atoms with Crippen molar-refractivity contribution in [1.82, 2.24) is 15.0 Å². The van der Waals surface area contributed by atoms with E-state index in [-0.39, 0.29) is 10.8 Å². The van der Waals surface area contributed by atoms with Crippen molar-refractivity contribution in [3.8, 4) is 17.3 Å². The van der Waals surface area contributed by atoms with Crippen molar-refractivity contribution in [2.24, 2.45) is 0 Å². The van der Waals surface area contributed by atoms with E-state index in [1.54, 1.807) is 36.4 Å². The van der Waals surface area contributed by atoms with Gasteiger partial charge in [-0.3, -0.25) is 4.72 Å². The van der Waals surface area contributed by atoms with Crippen LogP contribution < -0.4 is 4.72 Å². The van der Waals surface area contributed by atoms with Gasteiger partial charge >= 0.3 is 0 Å². The summed E-state index contributed by atoms with van der Waals surface area (Å²) in [6.45, 7) is 0. The Balaban J connectivity index is 1.61. The van der Waals surface area contributed by atoms with Gasteiger partial charge in [0.1, 0.15) is 5.82 Å². The van der Waals surface area contributed by atoms with E-state index in [0.717, 1.165) is 11.0 Å². The minimum Gasteiger partial charge on any atom is -0.494 e. The molecule has 0 unspecified atom stereocenters. The number of aromatic hydroxyl groups is 1. The average Bonchev–Trinajstić information content (AvgIpc) is 3.27. The third-order valence-electron chi connectivity index (χ3n) is 4.71. The molecule has 0 saturated heterocycles. The lowest BCUT2D eigenvalue weighted by Gasteiger charge is -2.08. The fourth-order valence-electron chi connectivity index (χ4n) is 3.37. The highest BCUT2D eigenvalue weighted by molar-refractivity contribution is 7.92. The normalized spacial score (nSPS) is 11.9. The maximum Gasteiger partial charge on any atom is 0.261 e. The van der Waals surface area contributed by atoms with Crippen LogP contribution in [-0.2, 0) is 10.0 Å². The molecule has 0 aliphatic heterocycles. The van der Waals surface area contributed by atoms with Crippen LogP contribution in [0.1, 0.15) is 0 Å². The number of fused-ring (bicyclic) bond motifs is 2. The van der Waals surface area contributed by atoms with Gasteiger partial charge in [-0.1, -0.05) is 30.3 Å². The minimum atomic E-state index is -3.72. The molecule has 7 nitrogen and oxygen atoms in total. The summed E-state index contributed by atoms with van der Waals surface area (Å²) in [5.41, 5.74) is 3.16. The number of rotatable bonds is 4. The standard InChI is InChI=1S/C21H16N4O3S/c26-21-19(20-22-17-8-4-5-9-18(17)23-20)15-12-13(10-11-16(15)24-21)25-29(27,28)14-6-2-1-3-7-14/h1-12,24-26H,(H,22,23). The molecular weight excluding hydrogens is 388 g/mol. The van der Waals surface area contributed by atoms with Crippen LogP contribution >= 0.6 is 0 Å². The molecule has 29 heavy (non-hydrogen) atoms. The van der Waals surface area contributed by atoms with Crippen LogP contribution in [0.2, 0.25) is 0 Å². The molecule has 0 amide bonds. The number of aromatic amines is 2. The number of nitrogens with one attached hydrogen (secondary N) is 3. The molecule has 0 fully saturated rings. The Bertz CT molecular complexity index is 1420. The van der Waals surface area contributed by atoms with Gasteiger partial charge in [-0.15, -0.1) is 0 Å². The van der Waals surface area contributed by atoms with Crippen molar-refractivity contribution >= 4 is 37.6 Å². The van der Waals surface area contributed by atoms with Crippen molar-refractivity contribution in [1.29, 1.82) is 0 Å². The number of nitrogens with zero attached hydrogens (tertiary/aromatic N) is 1. The number of benzene rings is 3. The van der Waals surface area contributed by atoms with Gasteiger partial charge in [0.15, 0.2) is 0 Å². The molecule has 0 aliphatic carbocycles. The first-order valence-corrected chi connectivity index (χ1v) is 10.4. The molecule has 0 aliphatic rings. The Morgan fingerprint density at radius 2 is 1.62 bits per heavy atom. The number of para-hydroxylation sites is 2. The fraction of sp³-hybridized carbons (Fsp3) is 0. The van der Waals surface area contributed by atoms with Crippen molar-refractivity contribution < 1.29 is 13.5 Å². The molecule has 0 saturated carbocycles. The topological polar surface area (TPSA) is 111 Å². The quantitative estimate of drug-likeness (QED) is 0.359. The minimum absolute atomic E-state index is 0.0397. The highest BCUT2D eigenvalue weighted by Crippen LogP contribution is 2.37. The lowest BCUT2D eigenvalue weighted by molar-refractivity contribution is 0.460. The van der Waals surface area contributed by atoms with Gasteiger partial charge in [0.2, 0.25) is 5.88 Å². The SMILES string of the molecule is O=S(=O)(Nc1ccc2[nH]c(O)c(-c3nc4ccccc4[nH]3)c2c1)c1ccccc1. The van der Waals surface area contributed by atoms with E-state index in [2.05, 4.69) is 19.7 Å². The van der Waals surface area contributed by atoms with E-state index in [0.29, 0.717) is 28.0 Å². The first kappa shape index (κ1) is 17.3. The number of imidazole rings is 1. The lowest BCUT2D eigenvalue weighted by Crippen LogP contribution is -2.12. The Morgan fingerprint density at radius 3 is 2.41 bits per heavy atom. The average molecular weight is 404 g/mol. The maximum atomic E-state index is 12.6. The van der Waals surface area contributed by atoms with Gasteiger partial charge in [-0.05, 0) is 42.5 Å². The molecular formula is C21H16N4O3S. The Kier molecular flexibility index (Phi) is 3.82. The number of aromatic nitrogens is 3. The van der Waals surface area contributed by atoms with E-state index >= 15 is 0 Å². The third-order valence-corrected chi connectivity index (χ3v) is 6.11. The van der Waals surface area contributed by atoms with Gasteiger partial charge in [-0.2, -0.15) is 0 Å². The molecule has 0 bridgehead atoms. The number of H-pyrrole nitrogens is 2. The predicted molar refractivity (Wildman–Crippen MR) is 112 cm³/mol. The first-order valence-electron chi connectivity index (χ1n) is 8.89. The van der Waals surface area contributed by atoms with E-state index in [1.807, 2.05) is 24.3 Å². The van der Waals surface area contributed by atoms with E-state index in [1.165, 1.54) is 12.1 Å². The molecule has 3 aromatic carbocycles. The maximum absolute atomic E-state index is 12.6. The molecule has 0 radical (unpaired) electrons. The Hall–Kier alpha value is -3.78. The fourth-order valence-corrected chi connectivity index (χ4v) is 4.44. The zero-order valence-corrected chi connectivity index (χ0v) is 15.9. The van der Waals surface area contributed by atoms with Gasteiger partial charge in [0.05, 0.1) is 21.5 Å². The molecule has 2 aromatic heterocycles. The number of anilines is 1. The van der Waals surface area contributed by atoms with Crippen molar-refractivity contribution in [2.45, 2.75) is 4.90 Å². The van der Waals surface area contributed by atoms with Crippen LogP contribution in [0.3, 0.4) is 0 Å². The van der Waals surface area contributed by atoms with Crippen molar-refractivity contribution in [3.63, 3.8) is 0 Å². The van der Waals surface area contributed by atoms with Gasteiger partial charge in [0, 0.05) is 16.6 Å². The van der Waals surface area contributed by atoms with E-state index in [9.17, 15) is 13.5 Å². The van der Waals surface area contributed by atoms with Crippen LogP contribution in [0, 0.1) is 0 Å². The molecule has 2 heterocycles. The summed E-state index contributed by atoms with van der Waals surface area (Å²) in [6, 6.07) is 20.7. The summed E-state index contributed by atoms with van der Waals surface area (Å²) >= 11 is 0. The highest BCUT2D eigenvalue weighted by Gasteiger charge is 2.19. The van der Waals surface area contributed by atoms with E-state index < -0.39 is 10.0 Å². The van der Waals surface area contributed by atoms with Gasteiger partial charge in [0.25, 0.3) is 10.0 Å².